The van der Waals surface area contributed by atoms with Crippen LogP contribution in [0.2, 0.25) is 0 Å². The smallest absolute Gasteiger partial charge is 0.239 e. The Morgan fingerprint density at radius 3 is 2.96 bits per heavy atom. The van der Waals surface area contributed by atoms with Crippen LogP contribution in [-0.4, -0.2) is 61.8 Å². The zero-order chi connectivity index (χ0) is 17.5. The van der Waals surface area contributed by atoms with Gasteiger partial charge in [0.25, 0.3) is 0 Å². The summed E-state index contributed by atoms with van der Waals surface area (Å²) in [5, 5.41) is 4.12. The zero-order valence-corrected chi connectivity index (χ0v) is 15.7. The summed E-state index contributed by atoms with van der Waals surface area (Å²) >= 11 is 1.83. The van der Waals surface area contributed by atoms with Gasteiger partial charge in [-0.1, -0.05) is 0 Å². The van der Waals surface area contributed by atoms with E-state index in [9.17, 15) is 4.79 Å². The maximum atomic E-state index is 11.9. The first kappa shape index (κ1) is 16.4. The average Bonchev–Trinajstić information content (AvgIpc) is 3.23. The molecule has 2 aliphatic heterocycles. The van der Waals surface area contributed by atoms with Crippen molar-refractivity contribution in [2.45, 2.75) is 25.8 Å². The van der Waals surface area contributed by atoms with Crippen LogP contribution in [0.5, 0.6) is 0 Å². The van der Waals surface area contributed by atoms with Gasteiger partial charge < -0.3 is 19.9 Å². The van der Waals surface area contributed by atoms with Crippen molar-refractivity contribution < 1.29 is 14.4 Å². The van der Waals surface area contributed by atoms with E-state index < -0.39 is 0 Å². The molecule has 0 bridgehead atoms. The predicted molar refractivity (Wildman–Crippen MR) is 99.9 cm³/mol. The summed E-state index contributed by atoms with van der Waals surface area (Å²) in [7, 11) is 0. The van der Waals surface area contributed by atoms with Crippen molar-refractivity contribution in [3.05, 3.63) is 16.3 Å². The molecule has 2 N–H and O–H groups in total. The number of nitrogens with zero attached hydrogens (tertiary/aromatic N) is 3. The lowest BCUT2D eigenvalue weighted by molar-refractivity contribution is -0.922. The molecule has 4 heterocycles. The number of ether oxygens (including phenoxy) is 1. The molecule has 1 aliphatic carbocycles. The van der Waals surface area contributed by atoms with E-state index in [-0.39, 0.29) is 5.91 Å². The molecule has 2 fully saturated rings. The van der Waals surface area contributed by atoms with E-state index in [0.29, 0.717) is 13.1 Å². The number of nitrogens with one attached hydrogen (secondary N) is 2. The average molecular weight is 374 g/mol. The Bertz CT molecular complexity index is 846. The van der Waals surface area contributed by atoms with E-state index in [0.717, 1.165) is 68.7 Å². The molecule has 2 saturated heterocycles. The molecule has 2 aromatic heterocycles. The number of anilines is 1. The highest BCUT2D eigenvalue weighted by atomic mass is 32.1. The van der Waals surface area contributed by atoms with Gasteiger partial charge in [0.2, 0.25) is 5.91 Å². The number of fused-ring (bicyclic) bond motifs is 3. The first-order valence-electron chi connectivity index (χ1n) is 9.52. The molecule has 7 nitrogen and oxygen atoms in total. The number of hydrogen-bond acceptors (Lipinski definition) is 6. The minimum Gasteiger partial charge on any atom is -0.370 e. The quantitative estimate of drug-likeness (QED) is 0.760. The zero-order valence-electron chi connectivity index (χ0n) is 14.8. The number of aromatic nitrogens is 2. The summed E-state index contributed by atoms with van der Waals surface area (Å²) in [4.78, 5) is 28.0. The second-order valence-electron chi connectivity index (χ2n) is 7.31. The molecule has 0 unspecified atom stereocenters. The highest BCUT2D eigenvalue weighted by Crippen LogP contribution is 2.40. The monoisotopic (exact) mass is 374 g/mol. The number of aryl methyl sites for hydroxylation is 2. The number of carbonyl (C=O) groups is 1. The van der Waals surface area contributed by atoms with Gasteiger partial charge in [-0.05, 0) is 24.8 Å². The molecule has 0 spiro atoms. The molecule has 5 rings (SSSR count). The van der Waals surface area contributed by atoms with E-state index in [4.69, 9.17) is 14.7 Å². The minimum atomic E-state index is 0.0789. The summed E-state index contributed by atoms with van der Waals surface area (Å²) in [5.41, 5.74) is 1.43. The van der Waals surface area contributed by atoms with Crippen molar-refractivity contribution >= 4 is 33.3 Å². The van der Waals surface area contributed by atoms with E-state index in [1.54, 1.807) is 0 Å². The number of quaternary nitrogens is 1. The van der Waals surface area contributed by atoms with Crippen LogP contribution in [0.25, 0.3) is 10.2 Å². The van der Waals surface area contributed by atoms with Crippen molar-refractivity contribution in [3.63, 3.8) is 0 Å². The number of carbonyl (C=O) groups excluding carboxylic acids is 1. The second kappa shape index (κ2) is 6.75. The van der Waals surface area contributed by atoms with Crippen molar-refractivity contribution in [2.24, 2.45) is 0 Å². The highest BCUT2D eigenvalue weighted by Gasteiger charge is 2.28. The Kier molecular flexibility index (Phi) is 4.26. The molecular weight excluding hydrogens is 350 g/mol. The largest absolute Gasteiger partial charge is 0.370 e. The molecule has 0 saturated carbocycles. The summed E-state index contributed by atoms with van der Waals surface area (Å²) in [6, 6.07) is 0. The van der Waals surface area contributed by atoms with Crippen LogP contribution >= 0.6 is 11.3 Å². The molecule has 26 heavy (non-hydrogen) atoms. The maximum absolute atomic E-state index is 11.9. The molecule has 8 heteroatoms. The molecule has 138 valence electrons. The molecule has 3 aliphatic rings. The van der Waals surface area contributed by atoms with Crippen LogP contribution in [-0.2, 0) is 28.9 Å². The number of amides is 1. The van der Waals surface area contributed by atoms with E-state index in [2.05, 4.69) is 10.2 Å². The van der Waals surface area contributed by atoms with Gasteiger partial charge in [-0.3, -0.25) is 4.79 Å². The number of morpholine rings is 1. The van der Waals surface area contributed by atoms with Gasteiger partial charge in [0.15, 0.2) is 5.82 Å². The van der Waals surface area contributed by atoms with Crippen LogP contribution in [0.1, 0.15) is 22.7 Å². The van der Waals surface area contributed by atoms with Gasteiger partial charge in [-0.15, -0.1) is 11.3 Å². The molecule has 0 atom stereocenters. The normalized spacial score (nSPS) is 21.2. The van der Waals surface area contributed by atoms with Gasteiger partial charge in [-0.2, -0.15) is 0 Å². The molecule has 1 amide bonds. The Morgan fingerprint density at radius 2 is 2.12 bits per heavy atom. The Hall–Kier alpha value is -1.77. The van der Waals surface area contributed by atoms with Gasteiger partial charge in [0.05, 0.1) is 25.1 Å². The first-order chi connectivity index (χ1) is 12.8. The van der Waals surface area contributed by atoms with Crippen molar-refractivity contribution in [1.29, 1.82) is 0 Å². The van der Waals surface area contributed by atoms with Crippen molar-refractivity contribution in [2.75, 3.05) is 50.8 Å². The molecule has 0 radical (unpaired) electrons. The van der Waals surface area contributed by atoms with E-state index in [1.807, 2.05) is 11.3 Å². The lowest BCUT2D eigenvalue weighted by Gasteiger charge is -2.29. The van der Waals surface area contributed by atoms with Crippen molar-refractivity contribution in [3.8, 4) is 0 Å². The summed E-state index contributed by atoms with van der Waals surface area (Å²) in [6.07, 6.45) is 3.48. The van der Waals surface area contributed by atoms with E-state index in [1.165, 1.54) is 27.1 Å². The highest BCUT2D eigenvalue weighted by molar-refractivity contribution is 7.19. The van der Waals surface area contributed by atoms with Crippen LogP contribution in [0.3, 0.4) is 0 Å². The maximum Gasteiger partial charge on any atom is 0.239 e. The Balaban J connectivity index is 1.56. The lowest BCUT2D eigenvalue weighted by atomic mass is 10.1. The Labute approximate surface area is 156 Å². The van der Waals surface area contributed by atoms with Gasteiger partial charge in [0.1, 0.15) is 30.3 Å². The summed E-state index contributed by atoms with van der Waals surface area (Å²) in [5.74, 6) is 1.96. The molecule has 2 aromatic rings. The van der Waals surface area contributed by atoms with Crippen LogP contribution in [0.15, 0.2) is 0 Å². The fourth-order valence-corrected chi connectivity index (χ4v) is 5.48. The number of hydrogen-bond donors (Lipinski definition) is 2. The summed E-state index contributed by atoms with van der Waals surface area (Å²) < 4.78 is 5.47. The Morgan fingerprint density at radius 1 is 1.23 bits per heavy atom. The van der Waals surface area contributed by atoms with Crippen LogP contribution < -0.4 is 15.1 Å². The van der Waals surface area contributed by atoms with Gasteiger partial charge in [-0.25, -0.2) is 9.97 Å². The van der Waals surface area contributed by atoms with Crippen LogP contribution in [0.4, 0.5) is 5.82 Å². The second-order valence-corrected chi connectivity index (χ2v) is 8.40. The number of rotatable bonds is 3. The predicted octanol–water partition coefficient (Wildman–Crippen LogP) is -0.469. The SMILES string of the molecule is O=C1CN(c2nc(C[NH+]3CCOCC3)nc3sc4c(c23)CCC4)CCN1. The summed E-state index contributed by atoms with van der Waals surface area (Å²) in [6.45, 7) is 6.34. The van der Waals surface area contributed by atoms with Crippen molar-refractivity contribution in [1.82, 2.24) is 15.3 Å². The number of thiophene rings is 1. The minimum absolute atomic E-state index is 0.0789. The fourth-order valence-electron chi connectivity index (χ4n) is 4.21. The fraction of sp³-hybridized carbons (Fsp3) is 0.611. The topological polar surface area (TPSA) is 71.8 Å². The van der Waals surface area contributed by atoms with E-state index >= 15 is 0 Å². The lowest BCUT2D eigenvalue weighted by Crippen LogP contribution is -3.12. The van der Waals surface area contributed by atoms with Gasteiger partial charge in [0, 0.05) is 18.0 Å². The first-order valence-corrected chi connectivity index (χ1v) is 10.3. The third-order valence-corrected chi connectivity index (χ3v) is 6.72. The van der Waals surface area contributed by atoms with Crippen LogP contribution in [0, 0.1) is 0 Å². The standard InChI is InChI=1S/C18H23N5O2S/c24-15-11-23(5-4-19-15)17-16-12-2-1-3-13(12)26-18(16)21-14(20-17)10-22-6-8-25-9-7-22/h1-11H2,(H,19,24)/p+1. The molecule has 0 aromatic carbocycles. The number of piperazine rings is 1. The van der Waals surface area contributed by atoms with Gasteiger partial charge >= 0.3 is 0 Å². The third kappa shape index (κ3) is 2.95. The molecular formula is C18H24N5O2S+. The third-order valence-electron chi connectivity index (χ3n) is 5.54.